The van der Waals surface area contributed by atoms with Crippen molar-refractivity contribution in [2.75, 3.05) is 0 Å². The lowest BCUT2D eigenvalue weighted by Crippen LogP contribution is -2.08. The Balaban J connectivity index is 3.58. The lowest BCUT2D eigenvalue weighted by Gasteiger charge is -2.19. The van der Waals surface area contributed by atoms with Gasteiger partial charge in [0.05, 0.1) is 6.10 Å². The number of rotatable bonds is 9. The highest BCUT2D eigenvalue weighted by atomic mass is 32.9. The quantitative estimate of drug-likeness (QED) is 0.372. The fraction of sp³-hybridized carbons (Fsp3) is 1.00. The van der Waals surface area contributed by atoms with E-state index in [1.54, 1.807) is 0 Å². The van der Waals surface area contributed by atoms with Gasteiger partial charge in [0, 0.05) is 0 Å². The van der Waals surface area contributed by atoms with Crippen molar-refractivity contribution in [3.05, 3.63) is 0 Å². The minimum atomic E-state index is -2.77. The number of hydrogen-bond donors (Lipinski definition) is 2. The molecule has 0 aromatic rings. The molecule has 0 bridgehead atoms. The fourth-order valence-electron chi connectivity index (χ4n) is 1.50. The van der Waals surface area contributed by atoms with Crippen molar-refractivity contribution in [1.82, 2.24) is 0 Å². The van der Waals surface area contributed by atoms with Crippen molar-refractivity contribution in [1.29, 1.82) is 0 Å². The van der Waals surface area contributed by atoms with Crippen molar-refractivity contribution >= 4 is 29.7 Å². The van der Waals surface area contributed by atoms with Gasteiger partial charge in [-0.3, -0.25) is 0 Å². The van der Waals surface area contributed by atoms with Crippen LogP contribution in [0.25, 0.3) is 0 Å². The second-order valence-corrected chi connectivity index (χ2v) is 8.94. The molecule has 0 saturated heterocycles. The summed E-state index contributed by atoms with van der Waals surface area (Å²) in [5.74, 6) is 0. The number of unbranched alkanes of at least 4 members (excludes halogenated alkanes) is 4. The lowest BCUT2D eigenvalue weighted by molar-refractivity contribution is 0.189. The molecule has 5 heteroatoms. The van der Waals surface area contributed by atoms with Gasteiger partial charge in [-0.25, -0.2) is 0 Å². The zero-order valence-electron chi connectivity index (χ0n) is 9.69. The molecule has 2 unspecified atom stereocenters. The molecule has 0 rings (SSSR count). The average molecular weight is 270 g/mol. The Kier molecular flexibility index (Phi) is 9.55. The first-order valence-corrected chi connectivity index (χ1v) is 9.56. The van der Waals surface area contributed by atoms with E-state index in [2.05, 4.69) is 26.1 Å². The minimum absolute atomic E-state index is 0.0833. The molecule has 0 aliphatic heterocycles. The third-order valence-electron chi connectivity index (χ3n) is 2.37. The minimum Gasteiger partial charge on any atom is -0.338 e. The lowest BCUT2D eigenvalue weighted by atomic mass is 10.1. The van der Waals surface area contributed by atoms with Crippen LogP contribution >= 0.6 is 17.9 Å². The van der Waals surface area contributed by atoms with E-state index in [4.69, 9.17) is 16.3 Å². The van der Waals surface area contributed by atoms with E-state index in [1.807, 2.05) is 0 Å². The first-order valence-electron chi connectivity index (χ1n) is 5.73. The van der Waals surface area contributed by atoms with Crippen LogP contribution in [0.4, 0.5) is 0 Å². The van der Waals surface area contributed by atoms with Gasteiger partial charge in [-0.05, 0) is 24.6 Å². The van der Waals surface area contributed by atoms with Gasteiger partial charge < -0.3 is 9.42 Å². The Bertz CT molecular complexity index is 194. The molecule has 0 heterocycles. The molecule has 2 nitrogen and oxygen atoms in total. The smallest absolute Gasteiger partial charge is 0.241 e. The third kappa shape index (κ3) is 11.2. The fourth-order valence-corrected chi connectivity index (χ4v) is 2.91. The summed E-state index contributed by atoms with van der Waals surface area (Å²) in [5.41, 5.74) is -2.77. The first-order chi connectivity index (χ1) is 6.99. The summed E-state index contributed by atoms with van der Waals surface area (Å²) >= 11 is 8.64. The maximum absolute atomic E-state index is 9.33. The zero-order chi connectivity index (χ0) is 11.7. The summed E-state index contributed by atoms with van der Waals surface area (Å²) in [7, 11) is 0. The Morgan fingerprint density at radius 1 is 1.27 bits per heavy atom. The highest BCUT2D eigenvalue weighted by Crippen LogP contribution is 2.49. The van der Waals surface area contributed by atoms with Crippen LogP contribution in [0.3, 0.4) is 0 Å². The van der Waals surface area contributed by atoms with Gasteiger partial charge in [0.1, 0.15) is 0 Å². The number of hydrogen-bond acceptors (Lipinski definition) is 2. The summed E-state index contributed by atoms with van der Waals surface area (Å²) in [5, 5.41) is 0. The maximum atomic E-state index is 9.33. The molecule has 0 radical (unpaired) electrons. The molecule has 15 heavy (non-hydrogen) atoms. The van der Waals surface area contributed by atoms with Crippen LogP contribution in [0, 0.1) is 0 Å². The molecule has 0 aliphatic rings. The molecule has 92 valence electrons. The Morgan fingerprint density at radius 2 is 1.87 bits per heavy atom. The summed E-state index contributed by atoms with van der Waals surface area (Å²) in [6.07, 6.45) is 8.23. The van der Waals surface area contributed by atoms with Gasteiger partial charge >= 0.3 is 0 Å². The van der Waals surface area contributed by atoms with Gasteiger partial charge in [0.15, 0.2) is 0 Å². The molecule has 0 spiro atoms. The molecule has 0 amide bonds. The summed E-state index contributed by atoms with van der Waals surface area (Å²) < 4.78 is 5.34. The average Bonchev–Trinajstić information content (AvgIpc) is 2.14. The monoisotopic (exact) mass is 270 g/mol. The normalized spacial score (nSPS) is 17.3. The first kappa shape index (κ1) is 15.9. The topological polar surface area (TPSA) is 29.5 Å². The standard InChI is InChI=1S/C10H23O2PS2/c1-3-5-6-7-8-9-10(4-2)12-13(11,14)15/h10H,3-9H2,1-2H3,(H2,11,14,15). The molecule has 0 aromatic heterocycles. The van der Waals surface area contributed by atoms with Crippen LogP contribution < -0.4 is 0 Å². The van der Waals surface area contributed by atoms with Crippen molar-refractivity contribution in [3.8, 4) is 0 Å². The SMILES string of the molecule is CCCCCCCC(CC)OP(O)(=S)S. The van der Waals surface area contributed by atoms with E-state index in [0.717, 1.165) is 19.3 Å². The molecule has 0 aromatic carbocycles. The van der Waals surface area contributed by atoms with Gasteiger partial charge in [-0.15, -0.1) is 0 Å². The van der Waals surface area contributed by atoms with Crippen LogP contribution in [0.5, 0.6) is 0 Å². The van der Waals surface area contributed by atoms with Gasteiger partial charge in [-0.1, -0.05) is 58.2 Å². The van der Waals surface area contributed by atoms with Crippen LogP contribution in [-0.4, -0.2) is 11.0 Å². The van der Waals surface area contributed by atoms with Crippen LogP contribution in [0.1, 0.15) is 58.8 Å². The summed E-state index contributed by atoms with van der Waals surface area (Å²) in [4.78, 5) is 9.33. The molecule has 0 saturated carbocycles. The molecular weight excluding hydrogens is 247 g/mol. The van der Waals surface area contributed by atoms with Gasteiger partial charge in [-0.2, -0.15) is 0 Å². The largest absolute Gasteiger partial charge is 0.338 e. The van der Waals surface area contributed by atoms with Crippen molar-refractivity contribution in [2.45, 2.75) is 64.9 Å². The molecule has 0 aliphatic carbocycles. The molecular formula is C10H23O2PS2. The second-order valence-electron chi connectivity index (χ2n) is 3.83. The predicted molar refractivity (Wildman–Crippen MR) is 74.0 cm³/mol. The highest BCUT2D eigenvalue weighted by molar-refractivity contribution is 8.59. The summed E-state index contributed by atoms with van der Waals surface area (Å²) in [6.45, 7) is 4.26. The molecule has 1 N–H and O–H groups in total. The van der Waals surface area contributed by atoms with E-state index >= 15 is 0 Å². The van der Waals surface area contributed by atoms with Crippen molar-refractivity contribution < 1.29 is 9.42 Å². The van der Waals surface area contributed by atoms with Crippen LogP contribution in [0.15, 0.2) is 0 Å². The van der Waals surface area contributed by atoms with E-state index in [9.17, 15) is 4.89 Å². The van der Waals surface area contributed by atoms with Gasteiger partial charge in [0.25, 0.3) is 0 Å². The maximum Gasteiger partial charge on any atom is 0.241 e. The van der Waals surface area contributed by atoms with Crippen molar-refractivity contribution in [2.24, 2.45) is 0 Å². The molecule has 2 atom stereocenters. The van der Waals surface area contributed by atoms with E-state index < -0.39 is 5.69 Å². The zero-order valence-corrected chi connectivity index (χ0v) is 12.3. The number of thiol groups is 1. The Labute approximate surface area is 104 Å². The van der Waals surface area contributed by atoms with Crippen LogP contribution in [0.2, 0.25) is 0 Å². The van der Waals surface area contributed by atoms with Crippen molar-refractivity contribution in [3.63, 3.8) is 0 Å². The highest BCUT2D eigenvalue weighted by Gasteiger charge is 2.14. The van der Waals surface area contributed by atoms with E-state index in [0.29, 0.717) is 0 Å². The third-order valence-corrected chi connectivity index (χ3v) is 3.49. The Hall–Kier alpha value is 0.920. The second kappa shape index (κ2) is 9.00. The predicted octanol–water partition coefficient (Wildman–Crippen LogP) is 4.29. The van der Waals surface area contributed by atoms with E-state index in [-0.39, 0.29) is 6.10 Å². The molecule has 0 fully saturated rings. The van der Waals surface area contributed by atoms with Crippen LogP contribution in [-0.2, 0) is 16.3 Å². The Morgan fingerprint density at radius 3 is 2.33 bits per heavy atom. The van der Waals surface area contributed by atoms with Gasteiger partial charge in [0.2, 0.25) is 5.69 Å². The summed E-state index contributed by atoms with van der Waals surface area (Å²) in [6, 6.07) is 0. The van der Waals surface area contributed by atoms with E-state index in [1.165, 1.54) is 25.7 Å².